The molecule has 1 aromatic rings. The second-order valence-corrected chi connectivity index (χ2v) is 3.64. The molecule has 18 heavy (non-hydrogen) atoms. The average Bonchev–Trinajstić information content (AvgIpc) is 2.28. The smallest absolute Gasteiger partial charge is 0.437 e. The van der Waals surface area contributed by atoms with Crippen LogP contribution in [0.2, 0.25) is 0 Å². The molecule has 3 N–H and O–H groups in total. The van der Waals surface area contributed by atoms with Crippen LogP contribution < -0.4 is 10.5 Å². The number of benzene rings is 1. The van der Waals surface area contributed by atoms with Gasteiger partial charge in [-0.2, -0.15) is 5.23 Å². The highest BCUT2D eigenvalue weighted by Gasteiger charge is 2.11. The summed E-state index contributed by atoms with van der Waals surface area (Å²) >= 11 is 5.33. The normalized spacial score (nSPS) is 13.1. The Morgan fingerprint density at radius 2 is 2.33 bits per heavy atom. The fourth-order valence-electron chi connectivity index (χ4n) is 1.01. The predicted molar refractivity (Wildman–Crippen MR) is 61.2 cm³/mol. The molecule has 1 unspecified atom stereocenters. The third-order valence-corrected chi connectivity index (χ3v) is 1.77. The summed E-state index contributed by atoms with van der Waals surface area (Å²) in [7, 11) is 0. The van der Waals surface area contributed by atoms with Crippen LogP contribution in [0.4, 0.5) is 20.6 Å². The molecule has 0 bridgehead atoms. The van der Waals surface area contributed by atoms with Gasteiger partial charge in [-0.05, 0) is 19.1 Å². The van der Waals surface area contributed by atoms with Gasteiger partial charge in [-0.3, -0.25) is 10.2 Å². The molecule has 1 aromatic carbocycles. The molecule has 0 heterocycles. The first-order valence-electron chi connectivity index (χ1n) is 4.61. The van der Waals surface area contributed by atoms with Crippen LogP contribution in [0, 0.1) is 11.0 Å². The number of hydrogen-bond acceptors (Lipinski definition) is 5. The number of rotatable bonds is 3. The van der Waals surface area contributed by atoms with E-state index in [9.17, 15) is 14.4 Å². The average molecular weight is 278 g/mol. The topological polar surface area (TPSA) is 98.4 Å². The van der Waals surface area contributed by atoms with Crippen LogP contribution in [0.1, 0.15) is 6.92 Å². The highest BCUT2D eigenvalue weighted by molar-refractivity contribution is 6.64. The summed E-state index contributed by atoms with van der Waals surface area (Å²) in [4.78, 5) is 15.4. The maximum atomic E-state index is 13.0. The number of nitrogens with zero attached hydrogens (tertiary/aromatic N) is 1. The van der Waals surface area contributed by atoms with E-state index in [4.69, 9.17) is 16.8 Å². The zero-order valence-corrected chi connectivity index (χ0v) is 9.86. The number of carbonyl (C=O) groups excluding carboxylic acids is 1. The van der Waals surface area contributed by atoms with Gasteiger partial charge in [0.2, 0.25) is 5.69 Å². The molecule has 0 aliphatic carbocycles. The minimum absolute atomic E-state index is 0.00970. The van der Waals surface area contributed by atoms with Gasteiger partial charge in [0.1, 0.15) is 5.17 Å². The van der Waals surface area contributed by atoms with Crippen molar-refractivity contribution in [1.29, 1.82) is 0 Å². The number of carbonyl (C=O) groups is 1. The molecule has 1 amide bonds. The molecule has 0 aliphatic heterocycles. The van der Waals surface area contributed by atoms with E-state index < -0.39 is 22.8 Å². The third kappa shape index (κ3) is 4.26. The minimum atomic E-state index is -1.45. The van der Waals surface area contributed by atoms with Crippen LogP contribution in [0.15, 0.2) is 23.4 Å². The highest BCUT2D eigenvalue weighted by Crippen LogP contribution is 2.16. The van der Waals surface area contributed by atoms with E-state index in [1.807, 2.05) is 0 Å². The largest absolute Gasteiger partial charge is 0.595 e. The molecule has 1 rings (SSSR count). The molecule has 0 radical (unpaired) electrons. The summed E-state index contributed by atoms with van der Waals surface area (Å²) < 4.78 is 13.0. The number of halogens is 2. The lowest BCUT2D eigenvalue weighted by Gasteiger charge is -2.13. The van der Waals surface area contributed by atoms with Crippen molar-refractivity contribution in [1.82, 2.24) is 0 Å². The van der Waals surface area contributed by atoms with Crippen LogP contribution in [-0.2, 0) is 4.84 Å². The fraction of sp³-hybridized carbons (Fsp3) is 0.111. The summed E-state index contributed by atoms with van der Waals surface area (Å²) in [6.07, 6.45) is -0.974. The van der Waals surface area contributed by atoms with Gasteiger partial charge in [0.15, 0.2) is 5.82 Å². The maximum Gasteiger partial charge on any atom is 0.437 e. The zero-order chi connectivity index (χ0) is 13.7. The van der Waals surface area contributed by atoms with E-state index in [0.29, 0.717) is 0 Å². The monoisotopic (exact) mass is 277 g/mol. The summed E-state index contributed by atoms with van der Waals surface area (Å²) in [5.41, 5.74) is -0.508. The van der Waals surface area contributed by atoms with Crippen molar-refractivity contribution < 1.29 is 24.5 Å². The predicted octanol–water partition coefficient (Wildman–Crippen LogP) is 1.35. The molecular formula is C9H9ClFN3O4. The summed E-state index contributed by atoms with van der Waals surface area (Å²) in [5, 5.41) is 23.2. The molecule has 0 fully saturated rings. The maximum absolute atomic E-state index is 13.0. The summed E-state index contributed by atoms with van der Waals surface area (Å²) in [5.74, 6) is -0.906. The molecule has 0 spiro atoms. The third-order valence-electron chi connectivity index (χ3n) is 1.70. The van der Waals surface area contributed by atoms with Crippen molar-refractivity contribution >= 4 is 34.2 Å². The Morgan fingerprint density at radius 3 is 2.89 bits per heavy atom. The van der Waals surface area contributed by atoms with Crippen molar-refractivity contribution in [2.24, 2.45) is 5.16 Å². The zero-order valence-electron chi connectivity index (χ0n) is 9.11. The van der Waals surface area contributed by atoms with Crippen LogP contribution in [-0.4, -0.2) is 16.5 Å². The molecule has 0 aromatic heterocycles. The Bertz CT molecular complexity index is 477. The molecule has 9 heteroatoms. The lowest BCUT2D eigenvalue weighted by atomic mass is 10.2. The first-order valence-corrected chi connectivity index (χ1v) is 4.99. The number of anilines is 1. The highest BCUT2D eigenvalue weighted by atomic mass is 35.5. The number of amides is 1. The van der Waals surface area contributed by atoms with E-state index in [1.165, 1.54) is 13.0 Å². The molecule has 98 valence electrons. The Labute approximate surface area is 106 Å². The number of hydrogen-bond donors (Lipinski definition) is 3. The van der Waals surface area contributed by atoms with Gasteiger partial charge in [-0.15, -0.1) is 0 Å². The van der Waals surface area contributed by atoms with E-state index >= 15 is 0 Å². The summed E-state index contributed by atoms with van der Waals surface area (Å²) in [6.45, 7) is 1.40. The van der Waals surface area contributed by atoms with Crippen LogP contribution in [0.3, 0.4) is 0 Å². The lowest BCUT2D eigenvalue weighted by molar-refractivity contribution is -0.992. The van der Waals surface area contributed by atoms with Gasteiger partial charge in [0.25, 0.3) is 0 Å². The van der Waals surface area contributed by atoms with Crippen LogP contribution >= 0.6 is 11.6 Å². The van der Waals surface area contributed by atoms with Crippen LogP contribution in [0.5, 0.6) is 0 Å². The molecule has 1 atom stereocenters. The van der Waals surface area contributed by atoms with E-state index in [-0.39, 0.29) is 10.9 Å². The molecule has 7 nitrogen and oxygen atoms in total. The first-order chi connectivity index (χ1) is 8.40. The van der Waals surface area contributed by atoms with Crippen molar-refractivity contribution in [3.8, 4) is 0 Å². The van der Waals surface area contributed by atoms with E-state index in [1.54, 1.807) is 0 Å². The van der Waals surface area contributed by atoms with Gasteiger partial charge in [0.05, 0.1) is 5.69 Å². The van der Waals surface area contributed by atoms with Crippen LogP contribution in [0.25, 0.3) is 0 Å². The summed E-state index contributed by atoms with van der Waals surface area (Å²) in [6, 6.07) is 3.05. The number of nitrogens with one attached hydrogen (secondary N) is 2. The minimum Gasteiger partial charge on any atom is -0.595 e. The Balaban J connectivity index is 2.76. The number of oxime groups is 1. The second-order valence-electron chi connectivity index (χ2n) is 3.09. The van der Waals surface area contributed by atoms with Crippen molar-refractivity contribution in [3.05, 3.63) is 29.2 Å². The Morgan fingerprint density at radius 1 is 1.67 bits per heavy atom. The quantitative estimate of drug-likeness (QED) is 0.441. The van der Waals surface area contributed by atoms with E-state index in [2.05, 4.69) is 15.3 Å². The van der Waals surface area contributed by atoms with E-state index in [0.717, 1.165) is 12.1 Å². The van der Waals surface area contributed by atoms with Gasteiger partial charge in [0, 0.05) is 6.07 Å². The van der Waals surface area contributed by atoms with Gasteiger partial charge >= 0.3 is 6.09 Å². The van der Waals surface area contributed by atoms with Crippen molar-refractivity contribution in [2.45, 2.75) is 6.92 Å². The van der Waals surface area contributed by atoms with Crippen molar-refractivity contribution in [2.75, 3.05) is 5.32 Å². The standard InChI is InChI=1S/C9H9ClFN3O4/c1-5(10)13-18-9(15)12-6-2-3-7(11)8(4-6)14(16)17/h2-4,14,16H,1H3,(H,12,15)/b13-5+. The first kappa shape index (κ1) is 14.3. The number of quaternary nitrogens is 1. The molecular weight excluding hydrogens is 269 g/mol. The Kier molecular flexibility index (Phi) is 4.98. The van der Waals surface area contributed by atoms with Gasteiger partial charge in [-0.25, -0.2) is 14.4 Å². The van der Waals surface area contributed by atoms with Gasteiger partial charge < -0.3 is 5.21 Å². The second kappa shape index (κ2) is 6.26. The molecule has 0 saturated carbocycles. The van der Waals surface area contributed by atoms with Crippen molar-refractivity contribution in [3.63, 3.8) is 0 Å². The molecule has 0 aliphatic rings. The fourth-order valence-corrected chi connectivity index (χ4v) is 1.05. The lowest BCUT2D eigenvalue weighted by Crippen LogP contribution is -2.99. The molecule has 0 saturated heterocycles. The van der Waals surface area contributed by atoms with Gasteiger partial charge in [-0.1, -0.05) is 16.8 Å². The Hall–Kier alpha value is -1.74. The SMILES string of the molecule is C/C(Cl)=N\OC(=O)Nc1ccc(F)c([NH+]([O-])O)c1.